The number of carbonyl (C=O) groups excluding carboxylic acids is 7. The maximum Gasteiger partial charge on any atom is 0.408 e. The van der Waals surface area contributed by atoms with Crippen molar-refractivity contribution in [3.8, 4) is 0 Å². The number of aromatic amines is 1. The zero-order chi connectivity index (χ0) is 36.3. The average Bonchev–Trinajstić information content (AvgIpc) is 3.60. The molecule has 0 saturated heterocycles. The van der Waals surface area contributed by atoms with E-state index in [-0.39, 0.29) is 38.2 Å². The lowest BCUT2D eigenvalue weighted by atomic mass is 10.0. The summed E-state index contributed by atoms with van der Waals surface area (Å²) in [4.78, 5) is 95.8. The average molecular weight is 691 g/mol. The number of rotatable bonds is 20. The Bertz CT molecular complexity index is 1410. The summed E-state index contributed by atoms with van der Waals surface area (Å²) in [5.74, 6) is -5.39. The monoisotopic (exact) mass is 690 g/mol. The molecule has 0 radical (unpaired) electrons. The number of halogens is 1. The molecule has 1 aromatic carbocycles. The number of H-pyrrole nitrogens is 1. The summed E-state index contributed by atoms with van der Waals surface area (Å²) in [6, 6.07) is 3.28. The molecule has 49 heavy (non-hydrogen) atoms. The Morgan fingerprint density at radius 3 is 2.02 bits per heavy atom. The van der Waals surface area contributed by atoms with E-state index in [1.54, 1.807) is 30.3 Å². The van der Waals surface area contributed by atoms with E-state index in [2.05, 4.69) is 40.7 Å². The topological polar surface area (TPSA) is 224 Å². The molecule has 4 amide bonds. The molecular formula is C32H43FN6O10. The van der Waals surface area contributed by atoms with Gasteiger partial charge in [0.15, 0.2) is 5.78 Å². The van der Waals surface area contributed by atoms with Gasteiger partial charge in [0.1, 0.15) is 37.4 Å². The van der Waals surface area contributed by atoms with Gasteiger partial charge in [-0.25, -0.2) is 14.2 Å². The number of nitrogens with one attached hydrogen (secondary N) is 5. The van der Waals surface area contributed by atoms with E-state index in [0.717, 1.165) is 19.8 Å². The second kappa shape index (κ2) is 20.8. The van der Waals surface area contributed by atoms with Crippen molar-refractivity contribution in [2.24, 2.45) is 5.92 Å². The number of ketones is 1. The van der Waals surface area contributed by atoms with Crippen LogP contribution in [-0.4, -0.2) is 96.6 Å². The van der Waals surface area contributed by atoms with E-state index in [1.165, 1.54) is 12.5 Å². The molecule has 0 bridgehead atoms. The predicted octanol–water partition coefficient (Wildman–Crippen LogP) is 0.803. The van der Waals surface area contributed by atoms with Crippen LogP contribution in [0.1, 0.15) is 50.8 Å². The Morgan fingerprint density at radius 2 is 1.43 bits per heavy atom. The molecule has 16 nitrogen and oxygen atoms in total. The number of methoxy groups -OCH3 is 2. The van der Waals surface area contributed by atoms with E-state index in [0.29, 0.717) is 5.69 Å². The Balaban J connectivity index is 2.27. The highest BCUT2D eigenvalue weighted by Crippen LogP contribution is 2.10. The van der Waals surface area contributed by atoms with Gasteiger partial charge >= 0.3 is 18.0 Å². The maximum atomic E-state index is 13.7. The smallest absolute Gasteiger partial charge is 0.408 e. The molecule has 0 saturated carbocycles. The number of imidazole rings is 1. The molecule has 0 fully saturated rings. The largest absolute Gasteiger partial charge is 0.469 e. The molecule has 2 aromatic rings. The van der Waals surface area contributed by atoms with E-state index in [1.807, 2.05) is 13.8 Å². The number of amides is 4. The number of nitrogens with zero attached hydrogens (tertiary/aromatic N) is 1. The van der Waals surface area contributed by atoms with Gasteiger partial charge in [0.25, 0.3) is 0 Å². The molecule has 1 aromatic heterocycles. The van der Waals surface area contributed by atoms with Crippen molar-refractivity contribution in [1.29, 1.82) is 0 Å². The lowest BCUT2D eigenvalue weighted by Gasteiger charge is -2.26. The summed E-state index contributed by atoms with van der Waals surface area (Å²) in [7, 11) is 2.20. The van der Waals surface area contributed by atoms with Crippen LogP contribution in [0.5, 0.6) is 0 Å². The molecule has 0 aliphatic carbocycles. The molecular weight excluding hydrogens is 647 g/mol. The van der Waals surface area contributed by atoms with Crippen LogP contribution in [0.25, 0.3) is 0 Å². The number of carbonyl (C=O) groups is 7. The van der Waals surface area contributed by atoms with Crippen molar-refractivity contribution in [3.05, 3.63) is 54.1 Å². The summed E-state index contributed by atoms with van der Waals surface area (Å²) in [5.41, 5.74) is 1.11. The molecule has 5 N–H and O–H groups in total. The summed E-state index contributed by atoms with van der Waals surface area (Å²) < 4.78 is 27.7. The van der Waals surface area contributed by atoms with Crippen molar-refractivity contribution < 1.29 is 52.2 Å². The maximum absolute atomic E-state index is 13.7. The van der Waals surface area contributed by atoms with Gasteiger partial charge in [0, 0.05) is 24.7 Å². The number of hydrogen-bond donors (Lipinski definition) is 5. The number of aromatic nitrogens is 2. The van der Waals surface area contributed by atoms with Crippen LogP contribution in [0.3, 0.4) is 0 Å². The van der Waals surface area contributed by atoms with Crippen LogP contribution in [-0.2, 0) is 56.0 Å². The normalized spacial score (nSPS) is 13.2. The molecule has 0 spiro atoms. The van der Waals surface area contributed by atoms with Crippen LogP contribution >= 0.6 is 0 Å². The van der Waals surface area contributed by atoms with Crippen LogP contribution < -0.4 is 21.3 Å². The molecule has 0 unspecified atom stereocenters. The van der Waals surface area contributed by atoms with Gasteiger partial charge in [-0.05, 0) is 24.3 Å². The number of ether oxygens (including phenoxy) is 3. The number of esters is 2. The first-order valence-corrected chi connectivity index (χ1v) is 15.4. The van der Waals surface area contributed by atoms with E-state index in [9.17, 15) is 38.0 Å². The minimum Gasteiger partial charge on any atom is -0.469 e. The summed E-state index contributed by atoms with van der Waals surface area (Å²) in [6.45, 7) is 2.10. The lowest BCUT2D eigenvalue weighted by Crippen LogP contribution is -2.58. The van der Waals surface area contributed by atoms with Crippen LogP contribution in [0, 0.1) is 5.92 Å². The second-order valence-corrected chi connectivity index (χ2v) is 11.3. The summed E-state index contributed by atoms with van der Waals surface area (Å²) >= 11 is 0. The van der Waals surface area contributed by atoms with Crippen molar-refractivity contribution >= 4 is 41.5 Å². The third kappa shape index (κ3) is 14.5. The van der Waals surface area contributed by atoms with Gasteiger partial charge in [-0.1, -0.05) is 44.2 Å². The van der Waals surface area contributed by atoms with Crippen LogP contribution in [0.4, 0.5) is 9.18 Å². The number of alkyl carbamates (subject to hydrolysis) is 1. The minimum absolute atomic E-state index is 0.0515. The van der Waals surface area contributed by atoms with Crippen molar-refractivity contribution in [3.63, 3.8) is 0 Å². The number of hydrogen-bond acceptors (Lipinski definition) is 11. The second-order valence-electron chi connectivity index (χ2n) is 11.3. The highest BCUT2D eigenvalue weighted by molar-refractivity contribution is 5.97. The SMILES string of the molecule is COC(=O)CC[C@H](NC(=O)[C@H](CC(C)C)NC(=O)OCc1ccccc1)C(=O)N[C@H](Cc1cnc[nH]1)C(=O)N[C@@H](CC(=O)OC)C(=O)CF. The quantitative estimate of drug-likeness (QED) is 0.0965. The fourth-order valence-electron chi connectivity index (χ4n) is 4.47. The lowest BCUT2D eigenvalue weighted by molar-refractivity contribution is -0.144. The van der Waals surface area contributed by atoms with Gasteiger partial charge in [-0.15, -0.1) is 0 Å². The molecule has 17 heteroatoms. The van der Waals surface area contributed by atoms with E-state index < -0.39 is 78.8 Å². The van der Waals surface area contributed by atoms with E-state index >= 15 is 0 Å². The predicted molar refractivity (Wildman–Crippen MR) is 170 cm³/mol. The van der Waals surface area contributed by atoms with Crippen LogP contribution in [0.2, 0.25) is 0 Å². The Labute approximate surface area is 282 Å². The molecule has 1 heterocycles. The number of alkyl halides is 1. The van der Waals surface area contributed by atoms with Gasteiger partial charge < -0.3 is 40.5 Å². The highest BCUT2D eigenvalue weighted by Gasteiger charge is 2.33. The van der Waals surface area contributed by atoms with E-state index in [4.69, 9.17) is 4.74 Å². The molecule has 0 aliphatic rings. The van der Waals surface area contributed by atoms with Gasteiger partial charge in [-0.2, -0.15) is 0 Å². The number of Topliss-reactive ketones (excluding diaryl/α,β-unsaturated/α-hetero) is 1. The standard InChI is InChI=1S/C32H43FN6O10/c1-19(2)12-24(39-32(46)49-17-20-8-6-5-7-9-20)30(44)36-22(10-11-27(41)47-3)29(43)38-25(13-21-16-34-18-35-21)31(45)37-23(26(40)15-33)14-28(42)48-4/h5-9,16,18-19,22-25H,10-15,17H2,1-4H3,(H,34,35)(H,36,44)(H,37,45)(H,38,43)(H,39,46)/t22-,23-,24-,25+/m0/s1. The molecule has 4 atom stereocenters. The van der Waals surface area contributed by atoms with Gasteiger partial charge in [0.05, 0.1) is 27.0 Å². The summed E-state index contributed by atoms with van der Waals surface area (Å²) in [6.07, 6.45) is 0.556. The number of benzene rings is 1. The third-order valence-electron chi connectivity index (χ3n) is 7.07. The molecule has 2 rings (SSSR count). The highest BCUT2D eigenvalue weighted by atomic mass is 19.1. The zero-order valence-electron chi connectivity index (χ0n) is 27.8. The van der Waals surface area contributed by atoms with Gasteiger partial charge in [-0.3, -0.25) is 28.8 Å². The third-order valence-corrected chi connectivity index (χ3v) is 7.07. The fraction of sp³-hybridized carbons (Fsp3) is 0.500. The Hall–Kier alpha value is -5.35. The minimum atomic E-state index is -1.59. The van der Waals surface area contributed by atoms with Crippen molar-refractivity contribution in [2.75, 3.05) is 20.9 Å². The Morgan fingerprint density at radius 1 is 0.816 bits per heavy atom. The molecule has 268 valence electrons. The van der Waals surface area contributed by atoms with Gasteiger partial charge in [0.2, 0.25) is 17.7 Å². The molecule has 0 aliphatic heterocycles. The Kier molecular flexibility index (Phi) is 16.9. The first-order valence-electron chi connectivity index (χ1n) is 15.4. The summed E-state index contributed by atoms with van der Waals surface area (Å²) in [5, 5.41) is 9.82. The zero-order valence-corrected chi connectivity index (χ0v) is 27.8. The van der Waals surface area contributed by atoms with Crippen molar-refractivity contribution in [1.82, 2.24) is 31.2 Å². The van der Waals surface area contributed by atoms with Crippen molar-refractivity contribution in [2.45, 2.75) is 76.7 Å². The fourth-order valence-corrected chi connectivity index (χ4v) is 4.47. The first-order chi connectivity index (χ1) is 23.4. The first kappa shape index (κ1) is 39.8. The van der Waals surface area contributed by atoms with Crippen LogP contribution in [0.15, 0.2) is 42.9 Å².